The van der Waals surface area contributed by atoms with Crippen molar-refractivity contribution in [1.82, 2.24) is 9.55 Å². The minimum absolute atomic E-state index is 0.362. The van der Waals surface area contributed by atoms with Gasteiger partial charge in [0, 0.05) is 4.47 Å². The second-order valence-corrected chi connectivity index (χ2v) is 8.08. The number of nitrogens with zero attached hydrogens (tertiary/aromatic N) is 1. The lowest BCUT2D eigenvalue weighted by Gasteiger charge is -2.29. The number of benzene rings is 1. The molecule has 0 aliphatic rings. The van der Waals surface area contributed by atoms with E-state index >= 15 is 0 Å². The quantitative estimate of drug-likeness (QED) is 0.791. The summed E-state index contributed by atoms with van der Waals surface area (Å²) in [5, 5.41) is 0.362. The Morgan fingerprint density at radius 1 is 1.17 bits per heavy atom. The van der Waals surface area contributed by atoms with Crippen molar-refractivity contribution in [1.29, 1.82) is 0 Å². The summed E-state index contributed by atoms with van der Waals surface area (Å²) >= 11 is 3.38. The molecular weight excluding hydrogens is 376 g/mol. The van der Waals surface area contributed by atoms with E-state index in [0.29, 0.717) is 16.5 Å². The molecule has 1 aromatic carbocycles. The Balaban J connectivity index is 2.77. The molecule has 0 aliphatic carbocycles. The number of aromatic amines is 1. The van der Waals surface area contributed by atoms with Crippen molar-refractivity contribution in [2.75, 3.05) is 0 Å². The monoisotopic (exact) mass is 396 g/mol. The lowest BCUT2D eigenvalue weighted by Crippen LogP contribution is -2.52. The maximum atomic E-state index is 13.0. The first kappa shape index (κ1) is 18.4. The van der Waals surface area contributed by atoms with Gasteiger partial charge in [-0.2, -0.15) is 0 Å². The third kappa shape index (κ3) is 3.17. The summed E-state index contributed by atoms with van der Waals surface area (Å²) in [4.78, 5) is 40.6. The van der Waals surface area contributed by atoms with E-state index in [9.17, 15) is 14.4 Å². The highest BCUT2D eigenvalue weighted by molar-refractivity contribution is 9.10. The number of halogens is 1. The van der Waals surface area contributed by atoms with Gasteiger partial charge in [-0.05, 0) is 59.2 Å². The molecule has 1 N–H and O–H groups in total. The Morgan fingerprint density at radius 2 is 1.75 bits per heavy atom. The Bertz CT molecular complexity index is 932. The first-order valence-corrected chi connectivity index (χ1v) is 8.33. The van der Waals surface area contributed by atoms with Crippen molar-refractivity contribution in [2.24, 2.45) is 0 Å². The molecule has 0 fully saturated rings. The van der Waals surface area contributed by atoms with E-state index < -0.39 is 28.4 Å². The summed E-state index contributed by atoms with van der Waals surface area (Å²) in [6.07, 6.45) is 0. The van der Waals surface area contributed by atoms with E-state index in [4.69, 9.17) is 4.74 Å². The number of carbonyl (C=O) groups excluding carboxylic acids is 1. The highest BCUT2D eigenvalue weighted by Crippen LogP contribution is 2.23. The summed E-state index contributed by atoms with van der Waals surface area (Å²) < 4.78 is 7.04. The van der Waals surface area contributed by atoms with Crippen LogP contribution in [0.1, 0.15) is 40.2 Å². The van der Waals surface area contributed by atoms with Crippen LogP contribution in [0.5, 0.6) is 0 Å². The molecule has 0 saturated carbocycles. The molecule has 0 atom stereocenters. The van der Waals surface area contributed by atoms with Gasteiger partial charge >= 0.3 is 11.7 Å². The summed E-state index contributed by atoms with van der Waals surface area (Å²) in [6, 6.07) is 3.41. The number of nitrogens with one attached hydrogen (secondary N) is 1. The molecule has 7 heteroatoms. The van der Waals surface area contributed by atoms with Gasteiger partial charge in [-0.3, -0.25) is 4.79 Å². The molecule has 130 valence electrons. The number of carbonyl (C=O) groups is 1. The average molecular weight is 397 g/mol. The molecule has 2 aromatic rings. The lowest BCUT2D eigenvalue weighted by atomic mass is 10.0. The molecule has 0 unspecified atom stereocenters. The fourth-order valence-electron chi connectivity index (χ4n) is 2.44. The van der Waals surface area contributed by atoms with Crippen LogP contribution in [-0.2, 0) is 15.1 Å². The summed E-state index contributed by atoms with van der Waals surface area (Å²) in [7, 11) is 0. The fourth-order valence-corrected chi connectivity index (χ4v) is 2.77. The minimum atomic E-state index is -1.44. The number of H-pyrrole nitrogens is 1. The molecule has 0 spiro atoms. The Hall–Kier alpha value is -1.89. The van der Waals surface area contributed by atoms with Crippen LogP contribution in [0.25, 0.3) is 10.9 Å². The van der Waals surface area contributed by atoms with E-state index in [1.165, 1.54) is 13.8 Å². The minimum Gasteiger partial charge on any atom is -0.458 e. The molecule has 1 aromatic heterocycles. The summed E-state index contributed by atoms with van der Waals surface area (Å²) in [5.41, 5.74) is -2.21. The number of rotatable bonds is 2. The smallest absolute Gasteiger partial charge is 0.332 e. The number of aryl methyl sites for hydroxylation is 1. The normalized spacial score (nSPS) is 12.5. The van der Waals surface area contributed by atoms with Crippen molar-refractivity contribution in [3.8, 4) is 0 Å². The molecule has 0 bridgehead atoms. The van der Waals surface area contributed by atoms with Crippen LogP contribution in [0.3, 0.4) is 0 Å². The zero-order chi connectivity index (χ0) is 18.4. The topological polar surface area (TPSA) is 81.2 Å². The number of hydrogen-bond donors (Lipinski definition) is 1. The van der Waals surface area contributed by atoms with Crippen molar-refractivity contribution in [2.45, 2.75) is 52.7 Å². The first-order valence-electron chi connectivity index (χ1n) is 7.54. The van der Waals surface area contributed by atoms with E-state index in [1.807, 2.05) is 0 Å². The lowest BCUT2D eigenvalue weighted by molar-refractivity contribution is -0.164. The van der Waals surface area contributed by atoms with Gasteiger partial charge in [0.25, 0.3) is 5.56 Å². The van der Waals surface area contributed by atoms with Gasteiger partial charge in [0.2, 0.25) is 0 Å². The zero-order valence-corrected chi connectivity index (χ0v) is 16.2. The Kier molecular flexibility index (Phi) is 4.52. The zero-order valence-electron chi connectivity index (χ0n) is 14.6. The van der Waals surface area contributed by atoms with Gasteiger partial charge in [0.05, 0.1) is 10.9 Å². The number of fused-ring (bicyclic) bond motifs is 1. The summed E-state index contributed by atoms with van der Waals surface area (Å²) in [5.74, 6) is -0.644. The average Bonchev–Trinajstić information content (AvgIpc) is 2.40. The van der Waals surface area contributed by atoms with Crippen molar-refractivity contribution in [3.63, 3.8) is 0 Å². The molecule has 0 amide bonds. The molecule has 2 rings (SSSR count). The highest BCUT2D eigenvalue weighted by Gasteiger charge is 2.37. The van der Waals surface area contributed by atoms with Gasteiger partial charge < -0.3 is 9.72 Å². The molecular formula is C17H21BrN2O4. The van der Waals surface area contributed by atoms with Crippen LogP contribution in [0.15, 0.2) is 26.2 Å². The van der Waals surface area contributed by atoms with E-state index in [0.717, 1.165) is 9.04 Å². The highest BCUT2D eigenvalue weighted by atomic mass is 79.9. The van der Waals surface area contributed by atoms with Crippen LogP contribution in [0, 0.1) is 6.92 Å². The van der Waals surface area contributed by atoms with E-state index in [1.54, 1.807) is 39.8 Å². The van der Waals surface area contributed by atoms with Crippen molar-refractivity contribution in [3.05, 3.63) is 43.0 Å². The fraction of sp³-hybridized carbons (Fsp3) is 0.471. The molecule has 1 heterocycles. The van der Waals surface area contributed by atoms with Gasteiger partial charge in [0.1, 0.15) is 11.1 Å². The third-order valence-corrected chi connectivity index (χ3v) is 4.58. The molecule has 6 nitrogen and oxygen atoms in total. The van der Waals surface area contributed by atoms with Crippen LogP contribution in [-0.4, -0.2) is 21.1 Å². The Labute approximate surface area is 148 Å². The predicted molar refractivity (Wildman–Crippen MR) is 96.4 cm³/mol. The second-order valence-electron chi connectivity index (χ2n) is 7.23. The second kappa shape index (κ2) is 5.88. The molecule has 0 aliphatic heterocycles. The van der Waals surface area contributed by atoms with Crippen LogP contribution < -0.4 is 11.2 Å². The van der Waals surface area contributed by atoms with Crippen LogP contribution >= 0.6 is 15.9 Å². The van der Waals surface area contributed by atoms with Crippen molar-refractivity contribution < 1.29 is 9.53 Å². The first-order chi connectivity index (χ1) is 10.9. The van der Waals surface area contributed by atoms with Gasteiger partial charge in [-0.1, -0.05) is 15.9 Å². The van der Waals surface area contributed by atoms with E-state index in [2.05, 4.69) is 20.9 Å². The molecule has 24 heavy (non-hydrogen) atoms. The maximum absolute atomic E-state index is 13.0. The van der Waals surface area contributed by atoms with Gasteiger partial charge in [-0.25, -0.2) is 14.2 Å². The van der Waals surface area contributed by atoms with Gasteiger partial charge in [-0.15, -0.1) is 0 Å². The van der Waals surface area contributed by atoms with Crippen LogP contribution in [0.4, 0.5) is 0 Å². The molecule has 0 radical (unpaired) electrons. The summed E-state index contributed by atoms with van der Waals surface area (Å²) in [6.45, 7) is 9.96. The predicted octanol–water partition coefficient (Wildman–Crippen LogP) is 2.84. The van der Waals surface area contributed by atoms with E-state index in [-0.39, 0.29) is 0 Å². The molecule has 0 saturated heterocycles. The van der Waals surface area contributed by atoms with Gasteiger partial charge in [0.15, 0.2) is 0 Å². The van der Waals surface area contributed by atoms with Crippen LogP contribution in [0.2, 0.25) is 0 Å². The third-order valence-electron chi connectivity index (χ3n) is 3.72. The number of ether oxygens (including phenoxy) is 1. The SMILES string of the molecule is Cc1c(Br)ccc2[nH]c(=O)n(C(C)(C)C(=O)OC(C)(C)C)c(=O)c12. The number of esters is 1. The maximum Gasteiger partial charge on any atom is 0.332 e. The number of aromatic nitrogens is 2. The Morgan fingerprint density at radius 3 is 2.29 bits per heavy atom. The largest absolute Gasteiger partial charge is 0.458 e. The van der Waals surface area contributed by atoms with Crippen molar-refractivity contribution >= 4 is 32.8 Å². The standard InChI is InChI=1S/C17H21BrN2O4/c1-9-10(18)7-8-11-12(9)13(21)20(15(23)19-11)17(5,6)14(22)24-16(2,3)4/h7-8H,1-6H3,(H,19,23). The number of hydrogen-bond acceptors (Lipinski definition) is 4.